The van der Waals surface area contributed by atoms with Crippen molar-refractivity contribution in [2.45, 2.75) is 25.4 Å². The molecule has 0 aliphatic carbocycles. The van der Waals surface area contributed by atoms with E-state index in [0.29, 0.717) is 6.54 Å². The van der Waals surface area contributed by atoms with E-state index < -0.39 is 6.10 Å². The SMILES string of the molecule is O=C(CN1CC(O)CC1=O)N1CCCC1. The molecule has 0 aromatic heterocycles. The number of nitrogens with zero attached hydrogens (tertiary/aromatic N) is 2. The predicted octanol–water partition coefficient (Wildman–Crippen LogP) is -0.798. The highest BCUT2D eigenvalue weighted by molar-refractivity contribution is 5.86. The van der Waals surface area contributed by atoms with Gasteiger partial charge in [-0.2, -0.15) is 0 Å². The number of aliphatic hydroxyl groups is 1. The molecule has 0 aromatic carbocycles. The maximum Gasteiger partial charge on any atom is 0.242 e. The summed E-state index contributed by atoms with van der Waals surface area (Å²) in [5.41, 5.74) is 0. The third-order valence-electron chi connectivity index (χ3n) is 2.98. The zero-order valence-corrected chi connectivity index (χ0v) is 8.69. The van der Waals surface area contributed by atoms with Crippen LogP contribution in [0.2, 0.25) is 0 Å². The van der Waals surface area contributed by atoms with Gasteiger partial charge in [0.1, 0.15) is 0 Å². The Balaban J connectivity index is 1.85. The van der Waals surface area contributed by atoms with Gasteiger partial charge in [0.15, 0.2) is 0 Å². The van der Waals surface area contributed by atoms with Gasteiger partial charge in [-0.05, 0) is 12.8 Å². The van der Waals surface area contributed by atoms with Gasteiger partial charge in [-0.25, -0.2) is 0 Å². The molecule has 15 heavy (non-hydrogen) atoms. The molecule has 0 saturated carbocycles. The number of β-amino-alcohol motifs (C(OH)–C–C–N with tert-alkyl or cyclic N) is 1. The van der Waals surface area contributed by atoms with Crippen molar-refractivity contribution in [3.63, 3.8) is 0 Å². The Kier molecular flexibility index (Phi) is 2.90. The third-order valence-corrected chi connectivity index (χ3v) is 2.98. The van der Waals surface area contributed by atoms with E-state index in [1.807, 2.05) is 0 Å². The first-order chi connectivity index (χ1) is 7.16. The highest BCUT2D eigenvalue weighted by atomic mass is 16.3. The van der Waals surface area contributed by atoms with Crippen molar-refractivity contribution in [2.24, 2.45) is 0 Å². The van der Waals surface area contributed by atoms with Crippen LogP contribution in [-0.2, 0) is 9.59 Å². The molecule has 2 heterocycles. The van der Waals surface area contributed by atoms with Crippen molar-refractivity contribution in [3.8, 4) is 0 Å². The molecular formula is C10H16N2O3. The standard InChI is InChI=1S/C10H16N2O3/c13-8-5-9(14)12(6-8)7-10(15)11-3-1-2-4-11/h8,13H,1-7H2. The van der Waals surface area contributed by atoms with Gasteiger partial charge in [0.25, 0.3) is 0 Å². The molecule has 1 unspecified atom stereocenters. The van der Waals surface area contributed by atoms with Gasteiger partial charge in [0.05, 0.1) is 19.1 Å². The Morgan fingerprint density at radius 3 is 2.60 bits per heavy atom. The fourth-order valence-electron chi connectivity index (χ4n) is 2.13. The zero-order valence-electron chi connectivity index (χ0n) is 8.69. The number of carbonyl (C=O) groups excluding carboxylic acids is 2. The zero-order chi connectivity index (χ0) is 10.8. The average Bonchev–Trinajstić information content (AvgIpc) is 2.76. The summed E-state index contributed by atoms with van der Waals surface area (Å²) in [4.78, 5) is 26.3. The highest BCUT2D eigenvalue weighted by Gasteiger charge is 2.30. The minimum Gasteiger partial charge on any atom is -0.391 e. The lowest BCUT2D eigenvalue weighted by Crippen LogP contribution is -2.39. The van der Waals surface area contributed by atoms with Crippen molar-refractivity contribution in [3.05, 3.63) is 0 Å². The minimum atomic E-state index is -0.594. The molecule has 0 radical (unpaired) electrons. The molecule has 5 nitrogen and oxygen atoms in total. The van der Waals surface area contributed by atoms with Gasteiger partial charge in [-0.15, -0.1) is 0 Å². The molecule has 1 N–H and O–H groups in total. The smallest absolute Gasteiger partial charge is 0.242 e. The van der Waals surface area contributed by atoms with Crippen LogP contribution in [-0.4, -0.2) is 59.0 Å². The normalized spacial score (nSPS) is 26.5. The number of carbonyl (C=O) groups is 2. The summed E-state index contributed by atoms with van der Waals surface area (Å²) < 4.78 is 0. The molecule has 2 aliphatic rings. The summed E-state index contributed by atoms with van der Waals surface area (Å²) in [5, 5.41) is 9.26. The number of aliphatic hydroxyl groups excluding tert-OH is 1. The predicted molar refractivity (Wildman–Crippen MR) is 53.0 cm³/mol. The largest absolute Gasteiger partial charge is 0.391 e. The molecule has 2 aliphatic heterocycles. The first-order valence-electron chi connectivity index (χ1n) is 5.40. The Labute approximate surface area is 88.6 Å². The first kappa shape index (κ1) is 10.4. The van der Waals surface area contributed by atoms with E-state index in [2.05, 4.69) is 0 Å². The molecule has 1 atom stereocenters. The van der Waals surface area contributed by atoms with Crippen molar-refractivity contribution in [2.75, 3.05) is 26.2 Å². The summed E-state index contributed by atoms with van der Waals surface area (Å²) in [6, 6.07) is 0. The maximum atomic E-state index is 11.7. The topological polar surface area (TPSA) is 60.9 Å². The Morgan fingerprint density at radius 1 is 1.40 bits per heavy atom. The van der Waals surface area contributed by atoms with E-state index in [0.717, 1.165) is 25.9 Å². The lowest BCUT2D eigenvalue weighted by Gasteiger charge is -2.20. The lowest BCUT2D eigenvalue weighted by molar-refractivity contribution is -0.137. The van der Waals surface area contributed by atoms with E-state index in [1.54, 1.807) is 4.90 Å². The quantitative estimate of drug-likeness (QED) is 0.652. The molecular weight excluding hydrogens is 196 g/mol. The second-order valence-electron chi connectivity index (χ2n) is 4.22. The number of amides is 2. The van der Waals surface area contributed by atoms with E-state index in [9.17, 15) is 14.7 Å². The number of hydrogen-bond acceptors (Lipinski definition) is 3. The van der Waals surface area contributed by atoms with E-state index in [-0.39, 0.29) is 24.8 Å². The van der Waals surface area contributed by atoms with Gasteiger partial charge in [-0.3, -0.25) is 9.59 Å². The van der Waals surface area contributed by atoms with Gasteiger partial charge >= 0.3 is 0 Å². The molecule has 2 amide bonds. The molecule has 2 rings (SSSR count). The first-order valence-corrected chi connectivity index (χ1v) is 5.40. The molecule has 0 bridgehead atoms. The fourth-order valence-corrected chi connectivity index (χ4v) is 2.13. The third kappa shape index (κ3) is 2.28. The second kappa shape index (κ2) is 4.18. The Hall–Kier alpha value is -1.10. The van der Waals surface area contributed by atoms with Crippen LogP contribution in [0.25, 0.3) is 0 Å². The molecule has 2 fully saturated rings. The molecule has 2 saturated heterocycles. The molecule has 5 heteroatoms. The van der Waals surface area contributed by atoms with Crippen LogP contribution in [0.15, 0.2) is 0 Å². The molecule has 0 aromatic rings. The second-order valence-corrected chi connectivity index (χ2v) is 4.22. The fraction of sp³-hybridized carbons (Fsp3) is 0.800. The van der Waals surface area contributed by atoms with Crippen LogP contribution >= 0.6 is 0 Å². The maximum absolute atomic E-state index is 11.7. The van der Waals surface area contributed by atoms with Gasteiger partial charge in [-0.1, -0.05) is 0 Å². The summed E-state index contributed by atoms with van der Waals surface area (Å²) >= 11 is 0. The van der Waals surface area contributed by atoms with Crippen molar-refractivity contribution < 1.29 is 14.7 Å². The summed E-state index contributed by atoms with van der Waals surface area (Å²) in [7, 11) is 0. The van der Waals surface area contributed by atoms with Gasteiger partial charge < -0.3 is 14.9 Å². The summed E-state index contributed by atoms with van der Waals surface area (Å²) in [6.45, 7) is 2.06. The number of rotatable bonds is 2. The van der Waals surface area contributed by atoms with E-state index in [4.69, 9.17) is 0 Å². The van der Waals surface area contributed by atoms with Crippen molar-refractivity contribution in [1.29, 1.82) is 0 Å². The Bertz CT molecular complexity index is 274. The Morgan fingerprint density at radius 2 is 2.07 bits per heavy atom. The number of likely N-dealkylation sites (tertiary alicyclic amines) is 2. The average molecular weight is 212 g/mol. The van der Waals surface area contributed by atoms with Crippen molar-refractivity contribution >= 4 is 11.8 Å². The molecule has 84 valence electrons. The van der Waals surface area contributed by atoms with Crippen molar-refractivity contribution in [1.82, 2.24) is 9.80 Å². The number of hydrogen-bond donors (Lipinski definition) is 1. The van der Waals surface area contributed by atoms with Crippen LogP contribution in [0, 0.1) is 0 Å². The summed E-state index contributed by atoms with van der Waals surface area (Å²) in [5.74, 6) is -0.106. The monoisotopic (exact) mass is 212 g/mol. The van der Waals surface area contributed by atoms with Crippen LogP contribution < -0.4 is 0 Å². The van der Waals surface area contributed by atoms with E-state index in [1.165, 1.54) is 4.90 Å². The van der Waals surface area contributed by atoms with Crippen LogP contribution in [0.3, 0.4) is 0 Å². The van der Waals surface area contributed by atoms with Gasteiger partial charge in [0.2, 0.25) is 11.8 Å². The highest BCUT2D eigenvalue weighted by Crippen LogP contribution is 2.13. The van der Waals surface area contributed by atoms with E-state index >= 15 is 0 Å². The van der Waals surface area contributed by atoms with Crippen LogP contribution in [0.4, 0.5) is 0 Å². The minimum absolute atomic E-state index is 0.00921. The summed E-state index contributed by atoms with van der Waals surface area (Å²) in [6.07, 6.45) is 1.68. The molecule has 0 spiro atoms. The lowest BCUT2D eigenvalue weighted by atomic mass is 10.3. The van der Waals surface area contributed by atoms with Gasteiger partial charge in [0, 0.05) is 19.6 Å². The van der Waals surface area contributed by atoms with Crippen LogP contribution in [0.1, 0.15) is 19.3 Å². The van der Waals surface area contributed by atoms with Crippen LogP contribution in [0.5, 0.6) is 0 Å².